The maximum absolute atomic E-state index is 12.8. The topological polar surface area (TPSA) is 32.3 Å². The molecule has 1 aliphatic rings. The molecule has 1 fully saturated rings. The molecular formula is C21H26N2OS. The molecule has 2 amide bonds. The number of carbonyl (C=O) groups is 1. The van der Waals surface area contributed by atoms with Gasteiger partial charge in [0.1, 0.15) is 5.37 Å². The molecule has 0 spiro atoms. The van der Waals surface area contributed by atoms with E-state index in [1.165, 1.54) is 22.3 Å². The third-order valence-corrected chi connectivity index (χ3v) is 5.91. The van der Waals surface area contributed by atoms with Gasteiger partial charge >= 0.3 is 6.03 Å². The Morgan fingerprint density at radius 2 is 1.88 bits per heavy atom. The van der Waals surface area contributed by atoms with Crippen LogP contribution < -0.4 is 5.32 Å². The molecule has 132 valence electrons. The first kappa shape index (κ1) is 17.9. The van der Waals surface area contributed by atoms with E-state index in [4.69, 9.17) is 0 Å². The van der Waals surface area contributed by atoms with Crippen molar-refractivity contribution in [1.29, 1.82) is 0 Å². The van der Waals surface area contributed by atoms with Crippen LogP contribution in [0.3, 0.4) is 0 Å². The second-order valence-electron chi connectivity index (χ2n) is 6.98. The summed E-state index contributed by atoms with van der Waals surface area (Å²) in [7, 11) is 0. The van der Waals surface area contributed by atoms with Crippen molar-refractivity contribution in [2.75, 3.05) is 17.6 Å². The first-order chi connectivity index (χ1) is 12.0. The SMILES string of the molecule is Cc1ccc([C@H]2SCCN2C(=O)Nc2ccc(C(C)C)cc2)c(C)c1. The van der Waals surface area contributed by atoms with Crippen LogP contribution in [-0.4, -0.2) is 23.2 Å². The molecule has 0 radical (unpaired) electrons. The second-order valence-corrected chi connectivity index (χ2v) is 8.17. The lowest BCUT2D eigenvalue weighted by molar-refractivity contribution is 0.214. The van der Waals surface area contributed by atoms with E-state index >= 15 is 0 Å². The molecule has 4 heteroatoms. The van der Waals surface area contributed by atoms with E-state index in [2.05, 4.69) is 63.3 Å². The molecule has 0 aliphatic carbocycles. The number of anilines is 1. The molecule has 25 heavy (non-hydrogen) atoms. The second kappa shape index (κ2) is 7.52. The van der Waals surface area contributed by atoms with Gasteiger partial charge in [0.05, 0.1) is 0 Å². The van der Waals surface area contributed by atoms with E-state index in [-0.39, 0.29) is 11.4 Å². The lowest BCUT2D eigenvalue weighted by Crippen LogP contribution is -2.34. The summed E-state index contributed by atoms with van der Waals surface area (Å²) in [4.78, 5) is 14.7. The Balaban J connectivity index is 1.74. The number of thioether (sulfide) groups is 1. The number of carbonyl (C=O) groups excluding carboxylic acids is 1. The van der Waals surface area contributed by atoms with Gasteiger partial charge in [-0.05, 0) is 48.6 Å². The van der Waals surface area contributed by atoms with Crippen molar-refractivity contribution in [3.05, 3.63) is 64.7 Å². The van der Waals surface area contributed by atoms with Gasteiger partial charge < -0.3 is 10.2 Å². The normalized spacial score (nSPS) is 17.2. The Morgan fingerprint density at radius 1 is 1.16 bits per heavy atom. The van der Waals surface area contributed by atoms with Crippen LogP contribution >= 0.6 is 11.8 Å². The van der Waals surface area contributed by atoms with Crippen molar-refractivity contribution in [3.63, 3.8) is 0 Å². The van der Waals surface area contributed by atoms with Gasteiger partial charge in [-0.3, -0.25) is 0 Å². The number of benzene rings is 2. The highest BCUT2D eigenvalue weighted by Gasteiger charge is 2.31. The van der Waals surface area contributed by atoms with Gasteiger partial charge in [-0.2, -0.15) is 0 Å². The lowest BCUT2D eigenvalue weighted by atomic mass is 10.0. The highest BCUT2D eigenvalue weighted by molar-refractivity contribution is 7.99. The molecule has 2 aromatic carbocycles. The fraction of sp³-hybridized carbons (Fsp3) is 0.381. The smallest absolute Gasteiger partial charge is 0.308 e. The molecule has 3 nitrogen and oxygen atoms in total. The molecule has 0 aromatic heterocycles. The van der Waals surface area contributed by atoms with Crippen LogP contribution in [0.25, 0.3) is 0 Å². The molecule has 1 saturated heterocycles. The van der Waals surface area contributed by atoms with Gasteiger partial charge in [-0.15, -0.1) is 11.8 Å². The zero-order chi connectivity index (χ0) is 18.0. The van der Waals surface area contributed by atoms with E-state index in [0.29, 0.717) is 5.92 Å². The monoisotopic (exact) mass is 354 g/mol. The summed E-state index contributed by atoms with van der Waals surface area (Å²) < 4.78 is 0. The van der Waals surface area contributed by atoms with Gasteiger partial charge in [0, 0.05) is 18.0 Å². The Hall–Kier alpha value is -1.94. The summed E-state index contributed by atoms with van der Waals surface area (Å²) >= 11 is 1.83. The maximum atomic E-state index is 12.8. The van der Waals surface area contributed by atoms with Crippen molar-refractivity contribution in [2.24, 2.45) is 0 Å². The van der Waals surface area contributed by atoms with E-state index in [1.807, 2.05) is 28.8 Å². The molecule has 0 unspecified atom stereocenters. The minimum atomic E-state index is -0.0210. The van der Waals surface area contributed by atoms with Crippen molar-refractivity contribution < 1.29 is 4.79 Å². The Bertz CT molecular complexity index is 755. The van der Waals surface area contributed by atoms with Gasteiger partial charge in [0.25, 0.3) is 0 Å². The molecule has 0 saturated carbocycles. The van der Waals surface area contributed by atoms with Crippen molar-refractivity contribution >= 4 is 23.5 Å². The van der Waals surface area contributed by atoms with E-state index in [1.54, 1.807) is 0 Å². The molecule has 1 heterocycles. The number of rotatable bonds is 3. The third kappa shape index (κ3) is 4.01. The fourth-order valence-corrected chi connectivity index (χ4v) is 4.54. The summed E-state index contributed by atoms with van der Waals surface area (Å²) in [5.41, 5.74) is 5.87. The summed E-state index contributed by atoms with van der Waals surface area (Å²) in [6.45, 7) is 9.34. The van der Waals surface area contributed by atoms with Crippen molar-refractivity contribution in [1.82, 2.24) is 4.90 Å². The average molecular weight is 355 g/mol. The van der Waals surface area contributed by atoms with Crippen LogP contribution in [-0.2, 0) is 0 Å². The number of hydrogen-bond acceptors (Lipinski definition) is 2. The minimum Gasteiger partial charge on any atom is -0.308 e. The molecule has 2 aromatic rings. The van der Waals surface area contributed by atoms with E-state index in [0.717, 1.165) is 18.0 Å². The van der Waals surface area contributed by atoms with Crippen molar-refractivity contribution in [2.45, 2.75) is 39.0 Å². The van der Waals surface area contributed by atoms with Gasteiger partial charge in [0.15, 0.2) is 0 Å². The highest BCUT2D eigenvalue weighted by Crippen LogP contribution is 2.39. The number of hydrogen-bond donors (Lipinski definition) is 1. The van der Waals surface area contributed by atoms with Crippen LogP contribution in [0.15, 0.2) is 42.5 Å². The molecule has 3 rings (SSSR count). The van der Waals surface area contributed by atoms with Gasteiger partial charge in [0.2, 0.25) is 0 Å². The number of amides is 2. The summed E-state index contributed by atoms with van der Waals surface area (Å²) in [6, 6.07) is 14.6. The van der Waals surface area contributed by atoms with Crippen LogP contribution in [0, 0.1) is 13.8 Å². The maximum Gasteiger partial charge on any atom is 0.323 e. The molecule has 1 atom stereocenters. The lowest BCUT2D eigenvalue weighted by Gasteiger charge is -2.26. The molecule has 1 aliphatic heterocycles. The Labute approximate surface area is 154 Å². The zero-order valence-electron chi connectivity index (χ0n) is 15.4. The van der Waals surface area contributed by atoms with Gasteiger partial charge in [-0.25, -0.2) is 4.79 Å². The standard InChI is InChI=1S/C21H26N2OS/c1-14(2)17-6-8-18(9-7-17)22-21(24)23-11-12-25-20(23)19-10-5-15(3)13-16(19)4/h5-10,13-14,20H,11-12H2,1-4H3,(H,22,24)/t20-/m1/s1. The summed E-state index contributed by atoms with van der Waals surface area (Å²) in [6.07, 6.45) is 0. The summed E-state index contributed by atoms with van der Waals surface area (Å²) in [5, 5.41) is 3.15. The average Bonchev–Trinajstić information content (AvgIpc) is 3.04. The molecular weight excluding hydrogens is 328 g/mol. The predicted molar refractivity (Wildman–Crippen MR) is 107 cm³/mol. The van der Waals surface area contributed by atoms with Crippen molar-refractivity contribution in [3.8, 4) is 0 Å². The van der Waals surface area contributed by atoms with Crippen LogP contribution in [0.4, 0.5) is 10.5 Å². The molecule has 0 bridgehead atoms. The quantitative estimate of drug-likeness (QED) is 0.766. The number of nitrogens with zero attached hydrogens (tertiary/aromatic N) is 1. The Morgan fingerprint density at radius 3 is 2.52 bits per heavy atom. The van der Waals surface area contributed by atoms with Crippen LogP contribution in [0.5, 0.6) is 0 Å². The number of aryl methyl sites for hydroxylation is 2. The first-order valence-electron chi connectivity index (χ1n) is 8.82. The molecule has 1 N–H and O–H groups in total. The largest absolute Gasteiger partial charge is 0.323 e. The zero-order valence-corrected chi connectivity index (χ0v) is 16.2. The first-order valence-corrected chi connectivity index (χ1v) is 9.87. The van der Waals surface area contributed by atoms with Crippen LogP contribution in [0.2, 0.25) is 0 Å². The Kier molecular flexibility index (Phi) is 5.38. The summed E-state index contributed by atoms with van der Waals surface area (Å²) in [5.74, 6) is 1.46. The number of nitrogens with one attached hydrogen (secondary N) is 1. The minimum absolute atomic E-state index is 0.0210. The van der Waals surface area contributed by atoms with Crippen LogP contribution in [0.1, 0.15) is 47.4 Å². The van der Waals surface area contributed by atoms with Gasteiger partial charge in [-0.1, -0.05) is 49.7 Å². The highest BCUT2D eigenvalue weighted by atomic mass is 32.2. The predicted octanol–water partition coefficient (Wildman–Crippen LogP) is 5.71. The third-order valence-electron chi connectivity index (χ3n) is 4.67. The number of urea groups is 1. The van der Waals surface area contributed by atoms with E-state index < -0.39 is 0 Å². The van der Waals surface area contributed by atoms with E-state index in [9.17, 15) is 4.79 Å². The fourth-order valence-electron chi connectivity index (χ4n) is 3.18.